The van der Waals surface area contributed by atoms with Crippen LogP contribution in [-0.4, -0.2) is 11.8 Å². The Balaban J connectivity index is 0. The molecular formula is C5H12F3P. The predicted octanol–water partition coefficient (Wildman–Crippen LogP) is 2.84. The molecule has 0 aromatic rings. The lowest BCUT2D eigenvalue weighted by Gasteiger charge is -2.05. The molecule has 0 aliphatic heterocycles. The second-order valence-corrected chi connectivity index (χ2v) is 4.35. The first-order valence-electron chi connectivity index (χ1n) is 2.44. The predicted molar refractivity (Wildman–Crippen MR) is 36.6 cm³/mol. The molecule has 0 heterocycles. The quantitative estimate of drug-likeness (QED) is 0.478. The SMILES string of the molecule is CC(C)(C)P.FC(F)F. The van der Waals surface area contributed by atoms with E-state index in [1.807, 2.05) is 0 Å². The summed E-state index contributed by atoms with van der Waals surface area (Å²) in [5.41, 5.74) is 0. The van der Waals surface area contributed by atoms with Crippen molar-refractivity contribution >= 4 is 9.24 Å². The fourth-order valence-electron chi connectivity index (χ4n) is 0. The molecule has 0 nitrogen and oxygen atoms in total. The molecule has 0 aromatic heterocycles. The van der Waals surface area contributed by atoms with Crippen LogP contribution in [0.25, 0.3) is 0 Å². The van der Waals surface area contributed by atoms with Crippen molar-refractivity contribution in [2.45, 2.75) is 32.6 Å². The average molecular weight is 160 g/mol. The fraction of sp³-hybridized carbons (Fsp3) is 1.00. The molecule has 4 heteroatoms. The van der Waals surface area contributed by atoms with Crippen molar-refractivity contribution in [2.24, 2.45) is 0 Å². The number of halogens is 3. The van der Waals surface area contributed by atoms with Crippen LogP contribution >= 0.6 is 9.24 Å². The van der Waals surface area contributed by atoms with Gasteiger partial charge in [-0.3, -0.25) is 0 Å². The zero-order chi connectivity index (χ0) is 8.08. The van der Waals surface area contributed by atoms with Crippen LogP contribution in [0.15, 0.2) is 0 Å². The van der Waals surface area contributed by atoms with Crippen LogP contribution < -0.4 is 0 Å². The molecule has 0 aliphatic rings. The van der Waals surface area contributed by atoms with Gasteiger partial charge in [0.1, 0.15) is 0 Å². The third kappa shape index (κ3) is 6570. The van der Waals surface area contributed by atoms with E-state index in [4.69, 9.17) is 0 Å². The number of hydrogen-bond acceptors (Lipinski definition) is 0. The standard InChI is InChI=1S/C4H11P.CHF3/c1-4(2,3)5;2-1(3)4/h5H2,1-3H3;1H. The van der Waals surface area contributed by atoms with Crippen LogP contribution in [0.5, 0.6) is 0 Å². The van der Waals surface area contributed by atoms with Crippen molar-refractivity contribution in [1.82, 2.24) is 0 Å². The van der Waals surface area contributed by atoms with Crippen LogP contribution in [0.3, 0.4) is 0 Å². The summed E-state index contributed by atoms with van der Waals surface area (Å²) >= 11 is 0. The molecule has 0 bridgehead atoms. The van der Waals surface area contributed by atoms with Crippen molar-refractivity contribution in [2.75, 3.05) is 0 Å². The van der Waals surface area contributed by atoms with Gasteiger partial charge in [-0.25, -0.2) is 0 Å². The van der Waals surface area contributed by atoms with E-state index < -0.39 is 6.68 Å². The lowest BCUT2D eigenvalue weighted by Crippen LogP contribution is -1.97. The maximum Gasteiger partial charge on any atom is 0.379 e. The van der Waals surface area contributed by atoms with Gasteiger partial charge in [-0.15, -0.1) is 9.24 Å². The van der Waals surface area contributed by atoms with E-state index in [1.165, 1.54) is 0 Å². The zero-order valence-corrected chi connectivity index (χ0v) is 6.94. The molecule has 0 aromatic carbocycles. The molecule has 0 rings (SSSR count). The maximum absolute atomic E-state index is 9.67. The van der Waals surface area contributed by atoms with Crippen molar-refractivity contribution < 1.29 is 13.2 Å². The highest BCUT2D eigenvalue weighted by molar-refractivity contribution is 7.18. The Morgan fingerprint density at radius 2 is 1.11 bits per heavy atom. The van der Waals surface area contributed by atoms with E-state index in [0.717, 1.165) is 0 Å². The molecule has 0 spiro atoms. The molecule has 0 amide bonds. The Kier molecular flexibility index (Phi) is 6.69. The maximum atomic E-state index is 9.67. The van der Waals surface area contributed by atoms with Crippen molar-refractivity contribution in [3.8, 4) is 0 Å². The lowest BCUT2D eigenvalue weighted by atomic mass is 10.3. The summed E-state index contributed by atoms with van der Waals surface area (Å²) < 4.78 is 29.0. The molecule has 1 atom stereocenters. The van der Waals surface area contributed by atoms with Crippen LogP contribution in [0, 0.1) is 0 Å². The van der Waals surface area contributed by atoms with E-state index in [2.05, 4.69) is 30.0 Å². The fourth-order valence-corrected chi connectivity index (χ4v) is 0. The highest BCUT2D eigenvalue weighted by Crippen LogP contribution is 2.12. The second kappa shape index (κ2) is 5.04. The zero-order valence-electron chi connectivity index (χ0n) is 5.79. The largest absolute Gasteiger partial charge is 0.379 e. The molecule has 1 unspecified atom stereocenters. The topological polar surface area (TPSA) is 0 Å². The average Bonchev–Trinajstić information content (AvgIpc) is 1.19. The smallest absolute Gasteiger partial charge is 0.174 e. The summed E-state index contributed by atoms with van der Waals surface area (Å²) in [6.07, 6.45) is 0. The minimum absolute atomic E-state index is 0.417. The number of alkyl halides is 3. The third-order valence-corrected chi connectivity index (χ3v) is 0. The van der Waals surface area contributed by atoms with Gasteiger partial charge in [0.2, 0.25) is 0 Å². The van der Waals surface area contributed by atoms with Crippen LogP contribution in [0.4, 0.5) is 13.2 Å². The molecule has 0 saturated carbocycles. The van der Waals surface area contributed by atoms with E-state index in [0.29, 0.717) is 5.16 Å². The van der Waals surface area contributed by atoms with Gasteiger partial charge >= 0.3 is 6.68 Å². The van der Waals surface area contributed by atoms with Crippen LogP contribution in [0.1, 0.15) is 20.8 Å². The first-order chi connectivity index (χ1) is 3.73. The molecule has 0 N–H and O–H groups in total. The highest BCUT2D eigenvalue weighted by Gasteiger charge is 1.95. The molecule has 0 aliphatic carbocycles. The van der Waals surface area contributed by atoms with Gasteiger partial charge in [-0.05, 0) is 5.16 Å². The van der Waals surface area contributed by atoms with Gasteiger partial charge in [0.25, 0.3) is 0 Å². The van der Waals surface area contributed by atoms with Crippen molar-refractivity contribution in [3.63, 3.8) is 0 Å². The monoisotopic (exact) mass is 160 g/mol. The Morgan fingerprint density at radius 3 is 1.11 bits per heavy atom. The van der Waals surface area contributed by atoms with Gasteiger partial charge in [-0.1, -0.05) is 20.8 Å². The number of hydrogen-bond donors (Lipinski definition) is 0. The Labute approximate surface area is 56.0 Å². The second-order valence-electron chi connectivity index (χ2n) is 2.61. The summed E-state index contributed by atoms with van der Waals surface area (Å²) in [5.74, 6) is 0. The van der Waals surface area contributed by atoms with E-state index >= 15 is 0 Å². The minimum atomic E-state index is -3.67. The third-order valence-electron chi connectivity index (χ3n) is 0. The molecule has 0 fully saturated rings. The van der Waals surface area contributed by atoms with Crippen molar-refractivity contribution in [1.29, 1.82) is 0 Å². The molecule has 0 radical (unpaired) electrons. The van der Waals surface area contributed by atoms with E-state index in [-0.39, 0.29) is 0 Å². The normalized spacial score (nSPS) is 10.7. The van der Waals surface area contributed by atoms with Crippen LogP contribution in [0.2, 0.25) is 0 Å². The van der Waals surface area contributed by atoms with Crippen LogP contribution in [-0.2, 0) is 0 Å². The molecule has 0 saturated heterocycles. The highest BCUT2D eigenvalue weighted by atomic mass is 31.0. The van der Waals surface area contributed by atoms with E-state index in [9.17, 15) is 13.2 Å². The summed E-state index contributed by atoms with van der Waals surface area (Å²) in [6, 6.07) is 0. The van der Waals surface area contributed by atoms with Gasteiger partial charge < -0.3 is 0 Å². The van der Waals surface area contributed by atoms with Gasteiger partial charge in [0.05, 0.1) is 0 Å². The number of rotatable bonds is 0. The first-order valence-corrected chi connectivity index (χ1v) is 3.02. The van der Waals surface area contributed by atoms with Crippen molar-refractivity contribution in [3.05, 3.63) is 0 Å². The van der Waals surface area contributed by atoms with Gasteiger partial charge in [0, 0.05) is 0 Å². The summed E-state index contributed by atoms with van der Waals surface area (Å²) in [7, 11) is 2.72. The Hall–Kier alpha value is 0.220. The first kappa shape index (κ1) is 12.0. The van der Waals surface area contributed by atoms with E-state index in [1.54, 1.807) is 0 Å². The van der Waals surface area contributed by atoms with Gasteiger partial charge in [-0.2, -0.15) is 13.2 Å². The molecular weight excluding hydrogens is 148 g/mol. The molecule has 58 valence electrons. The lowest BCUT2D eigenvalue weighted by molar-refractivity contribution is 0.00819. The summed E-state index contributed by atoms with van der Waals surface area (Å²) in [6.45, 7) is 2.78. The summed E-state index contributed by atoms with van der Waals surface area (Å²) in [5, 5.41) is 0.417. The minimum Gasteiger partial charge on any atom is -0.174 e. The summed E-state index contributed by atoms with van der Waals surface area (Å²) in [4.78, 5) is 0. The Bertz CT molecular complexity index is 49.0. The molecule has 9 heavy (non-hydrogen) atoms. The Morgan fingerprint density at radius 1 is 1.11 bits per heavy atom. The van der Waals surface area contributed by atoms with Gasteiger partial charge in [0.15, 0.2) is 0 Å².